The Hall–Kier alpha value is -1.36. The predicted octanol–water partition coefficient (Wildman–Crippen LogP) is 9.52. The van der Waals surface area contributed by atoms with Crippen LogP contribution < -0.4 is 11.4 Å². The van der Waals surface area contributed by atoms with Crippen molar-refractivity contribution in [2.75, 3.05) is 30.5 Å². The Kier molecular flexibility index (Phi) is 30.3. The van der Waals surface area contributed by atoms with Crippen molar-refractivity contribution in [3.63, 3.8) is 0 Å². The summed E-state index contributed by atoms with van der Waals surface area (Å²) in [6, 6.07) is 1.27. The number of phosphoric ester groups is 2. The van der Waals surface area contributed by atoms with Crippen LogP contribution in [0.15, 0.2) is 17.1 Å². The van der Waals surface area contributed by atoms with E-state index in [0.29, 0.717) is 6.42 Å². The quantitative estimate of drug-likeness (QED) is 0.0235. The minimum Gasteiger partial charge on any atom is -0.459 e. The Balaban J connectivity index is 1.79. The van der Waals surface area contributed by atoms with Gasteiger partial charge in [-0.25, -0.2) is 13.9 Å². The van der Waals surface area contributed by atoms with Gasteiger partial charge in [-0.05, 0) is 24.7 Å². The van der Waals surface area contributed by atoms with Crippen molar-refractivity contribution in [3.05, 3.63) is 22.7 Å². The number of nitrogens with zero attached hydrogens (tertiary/aromatic N) is 2. The second kappa shape index (κ2) is 33.2. The van der Waals surface area contributed by atoms with Gasteiger partial charge in [0.15, 0.2) is 6.23 Å². The number of carbonyl (C=O) groups excluding carboxylic acids is 1. The molecule has 1 aromatic heterocycles. The Morgan fingerprint density at radius 2 is 1.25 bits per heavy atom. The van der Waals surface area contributed by atoms with Crippen molar-refractivity contribution >= 4 is 39.2 Å². The molecule has 61 heavy (non-hydrogen) atoms. The van der Waals surface area contributed by atoms with Gasteiger partial charge in [0, 0.05) is 18.4 Å². The zero-order valence-corrected chi connectivity index (χ0v) is 39.6. The number of ether oxygens (including phenoxy) is 2. The minimum atomic E-state index is -5.32. The number of phosphoric acid groups is 2. The van der Waals surface area contributed by atoms with Crippen LogP contribution in [-0.4, -0.2) is 84.7 Å². The fourth-order valence-electron chi connectivity index (χ4n) is 7.15. The number of hydrogen-bond acceptors (Lipinski definition) is 14. The fourth-order valence-corrected chi connectivity index (χ4v) is 10.3. The topological polar surface area (TPSA) is 239 Å². The van der Waals surface area contributed by atoms with E-state index in [4.69, 9.17) is 24.3 Å². The predicted molar refractivity (Wildman–Crippen MR) is 240 cm³/mol. The van der Waals surface area contributed by atoms with E-state index in [-0.39, 0.29) is 18.0 Å². The first kappa shape index (κ1) is 55.8. The summed E-state index contributed by atoms with van der Waals surface area (Å²) in [7, 11) is -10.6. The van der Waals surface area contributed by atoms with Crippen LogP contribution in [0.4, 0.5) is 5.82 Å². The van der Waals surface area contributed by atoms with Crippen molar-refractivity contribution in [1.29, 1.82) is 0 Å². The van der Waals surface area contributed by atoms with E-state index in [9.17, 15) is 38.7 Å². The van der Waals surface area contributed by atoms with Crippen molar-refractivity contribution in [1.82, 2.24) is 9.55 Å². The van der Waals surface area contributed by atoms with E-state index < -0.39 is 71.2 Å². The highest BCUT2D eigenvalue weighted by atomic mass is 32.2. The van der Waals surface area contributed by atoms with Crippen molar-refractivity contribution < 1.29 is 56.8 Å². The normalized spacial score (nSPS) is 20.4. The summed E-state index contributed by atoms with van der Waals surface area (Å²) in [5, 5.41) is 20.9. The van der Waals surface area contributed by atoms with Gasteiger partial charge >= 0.3 is 27.3 Å². The second-order valence-electron chi connectivity index (χ2n) is 16.3. The summed E-state index contributed by atoms with van der Waals surface area (Å²) >= 11 is 1.53. The summed E-state index contributed by atoms with van der Waals surface area (Å²) in [5.41, 5.74) is 4.62. The zero-order valence-electron chi connectivity index (χ0n) is 37.0. The lowest BCUT2D eigenvalue weighted by Gasteiger charge is -2.21. The standard InChI is InChI=1S/C42H79N3O13P2S/c1-3-5-7-9-11-13-15-16-17-19-21-23-25-27-31-61-34-35(56-38(46)28-26-24-22-20-18-14-12-10-8-6-4-2)32-54-59(50,51)58-60(52,53)55-33-36-39(47)40(48)41(57-36)45-30-29-37(43)44-42(45)49/h29-30,35-36,39-41,47-48H,3-28,31-34H2,1-2H3,(H,50,51)(H,52,53)(H2,43,44,49). The van der Waals surface area contributed by atoms with Crippen LogP contribution in [0, 0.1) is 0 Å². The highest BCUT2D eigenvalue weighted by molar-refractivity contribution is 7.99. The third-order valence-corrected chi connectivity index (χ3v) is 14.5. The number of rotatable bonds is 39. The van der Waals surface area contributed by atoms with Crippen LogP contribution >= 0.6 is 27.4 Å². The molecule has 0 aromatic carbocycles. The van der Waals surface area contributed by atoms with Gasteiger partial charge in [-0.3, -0.25) is 18.4 Å². The number of aliphatic hydroxyl groups excluding tert-OH is 2. The Morgan fingerprint density at radius 3 is 1.75 bits per heavy atom. The largest absolute Gasteiger partial charge is 0.481 e. The number of unbranched alkanes of at least 4 members (excludes halogenated alkanes) is 23. The molecular weight excluding hydrogens is 848 g/mol. The molecule has 7 atom stereocenters. The first-order valence-electron chi connectivity index (χ1n) is 23.1. The molecule has 19 heteroatoms. The highest BCUT2D eigenvalue weighted by Crippen LogP contribution is 2.60. The third-order valence-electron chi connectivity index (χ3n) is 10.7. The Labute approximate surface area is 369 Å². The maximum absolute atomic E-state index is 12.8. The molecule has 356 valence electrons. The molecule has 0 spiro atoms. The molecule has 0 saturated carbocycles. The van der Waals surface area contributed by atoms with Gasteiger partial charge in [-0.15, -0.1) is 0 Å². The van der Waals surface area contributed by atoms with Gasteiger partial charge in [0.2, 0.25) is 0 Å². The van der Waals surface area contributed by atoms with E-state index >= 15 is 0 Å². The molecule has 0 bridgehead atoms. The number of nitrogens with two attached hydrogens (primary N) is 1. The molecule has 1 aliphatic rings. The lowest BCUT2D eigenvalue weighted by Crippen LogP contribution is -2.36. The number of hydrogen-bond donors (Lipinski definition) is 5. The van der Waals surface area contributed by atoms with E-state index in [0.717, 1.165) is 48.8 Å². The van der Waals surface area contributed by atoms with Crippen molar-refractivity contribution in [2.45, 2.75) is 211 Å². The van der Waals surface area contributed by atoms with Gasteiger partial charge in [0.1, 0.15) is 30.2 Å². The lowest BCUT2D eigenvalue weighted by atomic mass is 10.0. The number of aromatic nitrogens is 2. The third kappa shape index (κ3) is 26.3. The molecular formula is C42H79N3O13P2S. The molecule has 0 radical (unpaired) electrons. The van der Waals surface area contributed by atoms with Crippen molar-refractivity contribution in [2.24, 2.45) is 0 Å². The van der Waals surface area contributed by atoms with Crippen LogP contribution in [0.25, 0.3) is 0 Å². The van der Waals surface area contributed by atoms with Gasteiger partial charge < -0.3 is 35.2 Å². The number of thioether (sulfide) groups is 1. The molecule has 7 unspecified atom stereocenters. The molecule has 0 aliphatic carbocycles. The van der Waals surface area contributed by atoms with Crippen LogP contribution in [0.3, 0.4) is 0 Å². The number of esters is 1. The molecule has 2 rings (SSSR count). The van der Waals surface area contributed by atoms with Crippen LogP contribution in [0.2, 0.25) is 0 Å². The summed E-state index contributed by atoms with van der Waals surface area (Å²) in [5.74, 6) is 0.541. The summed E-state index contributed by atoms with van der Waals surface area (Å²) in [6.07, 6.45) is 24.3. The summed E-state index contributed by atoms with van der Waals surface area (Å²) in [4.78, 5) is 49.2. The Morgan fingerprint density at radius 1 is 0.770 bits per heavy atom. The molecule has 16 nitrogen and oxygen atoms in total. The van der Waals surface area contributed by atoms with Crippen LogP contribution in [0.1, 0.15) is 187 Å². The Bertz CT molecular complexity index is 1460. The molecule has 6 N–H and O–H groups in total. The van der Waals surface area contributed by atoms with E-state index in [1.165, 1.54) is 140 Å². The number of carbonyl (C=O) groups is 1. The van der Waals surface area contributed by atoms with Gasteiger partial charge in [0.05, 0.1) is 13.2 Å². The zero-order chi connectivity index (χ0) is 44.8. The molecule has 1 aliphatic heterocycles. The van der Waals surface area contributed by atoms with Gasteiger partial charge in [-0.1, -0.05) is 162 Å². The maximum atomic E-state index is 12.8. The van der Waals surface area contributed by atoms with E-state index in [1.54, 1.807) is 0 Å². The van der Waals surface area contributed by atoms with Gasteiger partial charge in [-0.2, -0.15) is 21.1 Å². The second-order valence-corrected chi connectivity index (χ2v) is 20.5. The monoisotopic (exact) mass is 927 g/mol. The summed E-state index contributed by atoms with van der Waals surface area (Å²) in [6.45, 7) is 3.00. The number of aliphatic hydroxyl groups is 2. The smallest absolute Gasteiger partial charge is 0.459 e. The lowest BCUT2D eigenvalue weighted by molar-refractivity contribution is -0.149. The number of nitrogen functional groups attached to an aromatic ring is 1. The molecule has 2 heterocycles. The maximum Gasteiger partial charge on any atom is 0.481 e. The average molecular weight is 928 g/mol. The number of anilines is 1. The first-order valence-corrected chi connectivity index (χ1v) is 27.2. The van der Waals surface area contributed by atoms with Gasteiger partial charge in [0.25, 0.3) is 0 Å². The molecule has 0 amide bonds. The van der Waals surface area contributed by atoms with Crippen molar-refractivity contribution in [3.8, 4) is 0 Å². The molecule has 1 aromatic rings. The van der Waals surface area contributed by atoms with Crippen LogP contribution in [0.5, 0.6) is 0 Å². The molecule has 1 fully saturated rings. The van der Waals surface area contributed by atoms with E-state index in [1.807, 2.05) is 0 Å². The summed E-state index contributed by atoms with van der Waals surface area (Å²) < 4.78 is 51.8. The SMILES string of the molecule is CCCCCCCCCCCCCCCCSCC(COP(=O)(O)OP(=O)(O)OCC1OC(n2ccc(N)nc2=O)C(O)C1O)OC(=O)CCCCCCCCCCCCC. The minimum absolute atomic E-state index is 0.0776. The highest BCUT2D eigenvalue weighted by Gasteiger charge is 2.46. The fraction of sp³-hybridized carbons (Fsp3) is 0.881. The van der Waals surface area contributed by atoms with E-state index in [2.05, 4.69) is 23.1 Å². The average Bonchev–Trinajstić information content (AvgIpc) is 3.49. The first-order chi connectivity index (χ1) is 29.3. The van der Waals surface area contributed by atoms with Crippen LogP contribution in [-0.2, 0) is 36.8 Å². The molecule has 1 saturated heterocycles.